The van der Waals surface area contributed by atoms with Crippen LogP contribution in [-0.2, 0) is 4.74 Å². The van der Waals surface area contributed by atoms with Gasteiger partial charge in [0.25, 0.3) is 0 Å². The maximum Gasteiger partial charge on any atom is 0.338 e. The number of rotatable bonds is 5. The molecule has 0 aliphatic carbocycles. The van der Waals surface area contributed by atoms with E-state index in [2.05, 4.69) is 12.2 Å². The van der Waals surface area contributed by atoms with Crippen molar-refractivity contribution in [2.24, 2.45) is 0 Å². The molecule has 20 heavy (non-hydrogen) atoms. The Kier molecular flexibility index (Phi) is 4.77. The van der Waals surface area contributed by atoms with Gasteiger partial charge in [0, 0.05) is 11.7 Å². The number of carbonyl (C=O) groups excluding carboxylic acids is 1. The van der Waals surface area contributed by atoms with Gasteiger partial charge in [-0.25, -0.2) is 4.79 Å². The first-order valence-electron chi connectivity index (χ1n) is 6.79. The highest BCUT2D eigenvalue weighted by Crippen LogP contribution is 2.19. The molecule has 1 atom stereocenters. The van der Waals surface area contributed by atoms with Gasteiger partial charge in [-0.05, 0) is 43.7 Å². The van der Waals surface area contributed by atoms with Gasteiger partial charge < -0.3 is 10.1 Å². The largest absolute Gasteiger partial charge is 0.462 e. The van der Waals surface area contributed by atoms with Gasteiger partial charge >= 0.3 is 5.97 Å². The molecule has 0 aliphatic heterocycles. The van der Waals surface area contributed by atoms with Gasteiger partial charge in [-0.1, -0.05) is 30.3 Å². The summed E-state index contributed by atoms with van der Waals surface area (Å²) in [5.74, 6) is -0.275. The summed E-state index contributed by atoms with van der Waals surface area (Å²) >= 11 is 0. The van der Waals surface area contributed by atoms with Gasteiger partial charge in [-0.15, -0.1) is 0 Å². The standard InChI is InChI=1S/C17H19NO2/c1-3-20-17(19)15-11-9-14(10-12-15)13(2)18-16-7-5-4-6-8-16/h4-13,18H,3H2,1-2H3. The molecule has 0 aliphatic rings. The predicted octanol–water partition coefficient (Wildman–Crippen LogP) is 4.04. The van der Waals surface area contributed by atoms with E-state index in [1.54, 1.807) is 19.1 Å². The number of hydrogen-bond acceptors (Lipinski definition) is 3. The maximum absolute atomic E-state index is 11.6. The van der Waals surface area contributed by atoms with E-state index in [9.17, 15) is 4.79 Å². The Morgan fingerprint density at radius 2 is 1.75 bits per heavy atom. The van der Waals surface area contributed by atoms with Gasteiger partial charge in [-0.3, -0.25) is 0 Å². The van der Waals surface area contributed by atoms with E-state index in [0.717, 1.165) is 11.3 Å². The molecular formula is C17H19NO2. The lowest BCUT2D eigenvalue weighted by Gasteiger charge is -2.16. The van der Waals surface area contributed by atoms with Crippen LogP contribution < -0.4 is 5.32 Å². The van der Waals surface area contributed by atoms with Crippen molar-refractivity contribution in [2.45, 2.75) is 19.9 Å². The van der Waals surface area contributed by atoms with Crippen LogP contribution in [0.15, 0.2) is 54.6 Å². The fourth-order valence-corrected chi connectivity index (χ4v) is 1.99. The average molecular weight is 269 g/mol. The van der Waals surface area contributed by atoms with E-state index in [1.807, 2.05) is 42.5 Å². The summed E-state index contributed by atoms with van der Waals surface area (Å²) in [5, 5.41) is 3.42. The van der Waals surface area contributed by atoms with E-state index >= 15 is 0 Å². The molecule has 0 fully saturated rings. The Labute approximate surface area is 119 Å². The molecule has 0 amide bonds. The zero-order valence-electron chi connectivity index (χ0n) is 11.8. The van der Waals surface area contributed by atoms with E-state index in [0.29, 0.717) is 12.2 Å². The van der Waals surface area contributed by atoms with Crippen molar-refractivity contribution in [2.75, 3.05) is 11.9 Å². The minimum atomic E-state index is -0.275. The van der Waals surface area contributed by atoms with Gasteiger partial charge in [0.1, 0.15) is 0 Å². The maximum atomic E-state index is 11.6. The zero-order chi connectivity index (χ0) is 14.4. The summed E-state index contributed by atoms with van der Waals surface area (Å²) in [5.41, 5.74) is 2.79. The van der Waals surface area contributed by atoms with Crippen molar-refractivity contribution < 1.29 is 9.53 Å². The number of benzene rings is 2. The molecule has 104 valence electrons. The summed E-state index contributed by atoms with van der Waals surface area (Å²) in [7, 11) is 0. The van der Waals surface area contributed by atoms with Crippen LogP contribution in [0.25, 0.3) is 0 Å². The van der Waals surface area contributed by atoms with E-state index < -0.39 is 0 Å². The van der Waals surface area contributed by atoms with Gasteiger partial charge in [0.2, 0.25) is 0 Å². The van der Waals surface area contributed by atoms with Crippen LogP contribution in [0, 0.1) is 0 Å². The van der Waals surface area contributed by atoms with Crippen molar-refractivity contribution in [3.05, 3.63) is 65.7 Å². The monoisotopic (exact) mass is 269 g/mol. The smallest absolute Gasteiger partial charge is 0.338 e. The number of hydrogen-bond donors (Lipinski definition) is 1. The Balaban J connectivity index is 2.04. The first kappa shape index (κ1) is 14.1. The minimum absolute atomic E-state index is 0.175. The highest BCUT2D eigenvalue weighted by molar-refractivity contribution is 5.89. The summed E-state index contributed by atoms with van der Waals surface area (Å²) in [6.07, 6.45) is 0. The Bertz CT molecular complexity index is 549. The van der Waals surface area contributed by atoms with Crippen molar-refractivity contribution in [1.29, 1.82) is 0 Å². The number of para-hydroxylation sites is 1. The van der Waals surface area contributed by atoms with Crippen LogP contribution in [0.2, 0.25) is 0 Å². The molecule has 0 radical (unpaired) electrons. The summed E-state index contributed by atoms with van der Waals surface area (Å²) < 4.78 is 4.97. The van der Waals surface area contributed by atoms with Crippen LogP contribution in [0.4, 0.5) is 5.69 Å². The highest BCUT2D eigenvalue weighted by Gasteiger charge is 2.09. The SMILES string of the molecule is CCOC(=O)c1ccc(C(C)Nc2ccccc2)cc1. The second-order valence-corrected chi connectivity index (χ2v) is 4.57. The molecule has 2 aromatic rings. The second kappa shape index (κ2) is 6.75. The molecule has 0 saturated heterocycles. The van der Waals surface area contributed by atoms with Crippen LogP contribution in [0.5, 0.6) is 0 Å². The van der Waals surface area contributed by atoms with Crippen LogP contribution >= 0.6 is 0 Å². The van der Waals surface area contributed by atoms with Crippen LogP contribution in [-0.4, -0.2) is 12.6 Å². The van der Waals surface area contributed by atoms with E-state index in [1.165, 1.54) is 0 Å². The lowest BCUT2D eigenvalue weighted by Crippen LogP contribution is -2.08. The molecule has 2 aromatic carbocycles. The Hall–Kier alpha value is -2.29. The Morgan fingerprint density at radius 1 is 1.10 bits per heavy atom. The number of anilines is 1. The Morgan fingerprint density at radius 3 is 2.35 bits per heavy atom. The number of nitrogens with one attached hydrogen (secondary N) is 1. The summed E-state index contributed by atoms with van der Waals surface area (Å²) in [6, 6.07) is 17.7. The molecule has 0 spiro atoms. The zero-order valence-corrected chi connectivity index (χ0v) is 11.8. The third-order valence-electron chi connectivity index (χ3n) is 3.08. The third-order valence-corrected chi connectivity index (χ3v) is 3.08. The number of esters is 1. The van der Waals surface area contributed by atoms with Crippen molar-refractivity contribution >= 4 is 11.7 Å². The topological polar surface area (TPSA) is 38.3 Å². The predicted molar refractivity (Wildman–Crippen MR) is 80.9 cm³/mol. The summed E-state index contributed by atoms with van der Waals surface area (Å²) in [6.45, 7) is 4.29. The fourth-order valence-electron chi connectivity index (χ4n) is 1.99. The quantitative estimate of drug-likeness (QED) is 0.833. The molecule has 1 N–H and O–H groups in total. The molecule has 3 heteroatoms. The summed E-state index contributed by atoms with van der Waals surface area (Å²) in [4.78, 5) is 11.6. The lowest BCUT2D eigenvalue weighted by molar-refractivity contribution is 0.0526. The van der Waals surface area contributed by atoms with Gasteiger partial charge in [0.15, 0.2) is 0 Å². The molecule has 2 rings (SSSR count). The molecule has 1 unspecified atom stereocenters. The molecule has 0 heterocycles. The fraction of sp³-hybridized carbons (Fsp3) is 0.235. The highest BCUT2D eigenvalue weighted by atomic mass is 16.5. The van der Waals surface area contributed by atoms with E-state index in [-0.39, 0.29) is 12.0 Å². The normalized spacial score (nSPS) is 11.7. The lowest BCUT2D eigenvalue weighted by atomic mass is 10.1. The van der Waals surface area contributed by atoms with Crippen molar-refractivity contribution in [3.8, 4) is 0 Å². The second-order valence-electron chi connectivity index (χ2n) is 4.57. The molecule has 0 bridgehead atoms. The van der Waals surface area contributed by atoms with Crippen molar-refractivity contribution in [3.63, 3.8) is 0 Å². The van der Waals surface area contributed by atoms with Crippen LogP contribution in [0.3, 0.4) is 0 Å². The minimum Gasteiger partial charge on any atom is -0.462 e. The first-order chi connectivity index (χ1) is 9.70. The third kappa shape index (κ3) is 3.60. The molecule has 0 saturated carbocycles. The van der Waals surface area contributed by atoms with E-state index in [4.69, 9.17) is 4.74 Å². The average Bonchev–Trinajstić information content (AvgIpc) is 2.48. The molecular weight excluding hydrogens is 250 g/mol. The number of ether oxygens (including phenoxy) is 1. The molecule has 3 nitrogen and oxygen atoms in total. The number of carbonyl (C=O) groups is 1. The van der Waals surface area contributed by atoms with Crippen LogP contribution in [0.1, 0.15) is 35.8 Å². The first-order valence-corrected chi connectivity index (χ1v) is 6.79. The molecule has 0 aromatic heterocycles. The van der Waals surface area contributed by atoms with Gasteiger partial charge in [0.05, 0.1) is 12.2 Å². The van der Waals surface area contributed by atoms with Crippen molar-refractivity contribution in [1.82, 2.24) is 0 Å². The van der Waals surface area contributed by atoms with Gasteiger partial charge in [-0.2, -0.15) is 0 Å².